The second-order valence-corrected chi connectivity index (χ2v) is 11.8. The maximum atomic E-state index is 13.0. The zero-order valence-corrected chi connectivity index (χ0v) is 21.1. The molecule has 3 aromatic rings. The number of nitrogens with zero attached hydrogens (tertiary/aromatic N) is 1. The Labute approximate surface area is 207 Å². The molecule has 0 saturated carbocycles. The fraction of sp³-hybridized carbons (Fsp3) is 0.286. The normalized spacial score (nSPS) is 14.6. The molecule has 6 nitrogen and oxygen atoms in total. The van der Waals surface area contributed by atoms with E-state index in [4.69, 9.17) is 0 Å². The lowest BCUT2D eigenvalue weighted by atomic mass is 9.86. The lowest BCUT2D eigenvalue weighted by Gasteiger charge is -2.19. The summed E-state index contributed by atoms with van der Waals surface area (Å²) < 4.78 is 26.8. The topological polar surface area (TPSA) is 83.5 Å². The standard InChI is InChI=1S/C28H30N2O4S/c1-28(2,3)23-13-9-20(10-14-23)26(31)22-7-6-8-24(19-22)29-27(32)21-11-15-25(16-12-21)35(33,34)30-17-4-5-18-30/h6-16,19H,4-5,17-18H2,1-3H3,(H,29,32). The molecule has 0 aromatic heterocycles. The molecule has 0 aliphatic carbocycles. The average molecular weight is 491 g/mol. The molecule has 1 fully saturated rings. The number of hydrogen-bond donors (Lipinski definition) is 1. The fourth-order valence-electron chi connectivity index (χ4n) is 4.09. The van der Waals surface area contributed by atoms with Crippen molar-refractivity contribution >= 4 is 27.4 Å². The number of carbonyl (C=O) groups excluding carboxylic acids is 2. The van der Waals surface area contributed by atoms with Crippen molar-refractivity contribution in [1.82, 2.24) is 4.31 Å². The van der Waals surface area contributed by atoms with Crippen LogP contribution in [0.2, 0.25) is 0 Å². The van der Waals surface area contributed by atoms with Crippen molar-refractivity contribution in [3.63, 3.8) is 0 Å². The third kappa shape index (κ3) is 5.52. The zero-order valence-electron chi connectivity index (χ0n) is 20.2. The minimum atomic E-state index is -3.53. The quantitative estimate of drug-likeness (QED) is 0.478. The maximum Gasteiger partial charge on any atom is 0.255 e. The van der Waals surface area contributed by atoms with E-state index in [2.05, 4.69) is 26.1 Å². The lowest BCUT2D eigenvalue weighted by Crippen LogP contribution is -2.27. The van der Waals surface area contributed by atoms with Gasteiger partial charge in [0, 0.05) is 35.5 Å². The van der Waals surface area contributed by atoms with E-state index in [-0.39, 0.29) is 22.0 Å². The largest absolute Gasteiger partial charge is 0.322 e. The number of ketones is 1. The van der Waals surface area contributed by atoms with Gasteiger partial charge in [0.15, 0.2) is 5.78 Å². The number of hydrogen-bond acceptors (Lipinski definition) is 4. The molecule has 35 heavy (non-hydrogen) atoms. The van der Waals surface area contributed by atoms with Gasteiger partial charge in [-0.15, -0.1) is 0 Å². The highest BCUT2D eigenvalue weighted by Crippen LogP contribution is 2.24. The van der Waals surface area contributed by atoms with E-state index in [1.54, 1.807) is 24.3 Å². The summed E-state index contributed by atoms with van der Waals surface area (Å²) in [4.78, 5) is 25.9. The molecule has 1 aliphatic heterocycles. The maximum absolute atomic E-state index is 13.0. The summed E-state index contributed by atoms with van der Waals surface area (Å²) in [5.74, 6) is -0.507. The van der Waals surface area contributed by atoms with Gasteiger partial charge in [0.1, 0.15) is 0 Å². The summed E-state index contributed by atoms with van der Waals surface area (Å²) in [7, 11) is -3.53. The molecule has 1 heterocycles. The molecule has 1 saturated heterocycles. The van der Waals surface area contributed by atoms with E-state index < -0.39 is 10.0 Å². The Kier molecular flexibility index (Phi) is 6.92. The third-order valence-corrected chi connectivity index (χ3v) is 8.13. The molecule has 182 valence electrons. The van der Waals surface area contributed by atoms with E-state index in [0.717, 1.165) is 18.4 Å². The van der Waals surface area contributed by atoms with Crippen molar-refractivity contribution in [1.29, 1.82) is 0 Å². The van der Waals surface area contributed by atoms with Crippen LogP contribution in [-0.2, 0) is 15.4 Å². The molecule has 0 unspecified atom stereocenters. The zero-order chi connectivity index (χ0) is 25.2. The molecule has 0 spiro atoms. The Bertz CT molecular complexity index is 1330. The summed E-state index contributed by atoms with van der Waals surface area (Å²) in [6.45, 7) is 7.42. The van der Waals surface area contributed by atoms with Crippen molar-refractivity contribution in [2.45, 2.75) is 43.9 Å². The minimum absolute atomic E-state index is 0.00232. The Morgan fingerprint density at radius 3 is 2.00 bits per heavy atom. The molecule has 7 heteroatoms. The molecule has 4 rings (SSSR count). The van der Waals surface area contributed by atoms with Crippen molar-refractivity contribution in [3.8, 4) is 0 Å². The van der Waals surface area contributed by atoms with Gasteiger partial charge >= 0.3 is 0 Å². The number of nitrogens with one attached hydrogen (secondary N) is 1. The van der Waals surface area contributed by atoms with E-state index in [0.29, 0.717) is 35.5 Å². The van der Waals surface area contributed by atoms with Crippen LogP contribution >= 0.6 is 0 Å². The van der Waals surface area contributed by atoms with Crippen LogP contribution in [-0.4, -0.2) is 37.5 Å². The van der Waals surface area contributed by atoms with Gasteiger partial charge < -0.3 is 5.32 Å². The Balaban J connectivity index is 1.46. The fourth-order valence-corrected chi connectivity index (χ4v) is 5.60. The van der Waals surface area contributed by atoms with Gasteiger partial charge in [0.05, 0.1) is 4.90 Å². The van der Waals surface area contributed by atoms with Crippen LogP contribution in [0.4, 0.5) is 5.69 Å². The highest BCUT2D eigenvalue weighted by atomic mass is 32.2. The monoisotopic (exact) mass is 490 g/mol. The molecule has 1 N–H and O–H groups in total. The van der Waals surface area contributed by atoms with Crippen molar-refractivity contribution in [2.24, 2.45) is 0 Å². The van der Waals surface area contributed by atoms with Gasteiger partial charge in [-0.1, -0.05) is 57.2 Å². The van der Waals surface area contributed by atoms with Gasteiger partial charge in [-0.3, -0.25) is 9.59 Å². The minimum Gasteiger partial charge on any atom is -0.322 e. The van der Waals surface area contributed by atoms with E-state index in [1.165, 1.54) is 28.6 Å². The molecular weight excluding hydrogens is 460 g/mol. The number of anilines is 1. The number of benzene rings is 3. The van der Waals surface area contributed by atoms with Gasteiger partial charge in [-0.25, -0.2) is 8.42 Å². The number of rotatable bonds is 6. The molecule has 0 atom stereocenters. The molecule has 3 aromatic carbocycles. The van der Waals surface area contributed by atoms with Crippen molar-refractivity contribution < 1.29 is 18.0 Å². The van der Waals surface area contributed by atoms with Crippen LogP contribution in [0.1, 0.15) is 65.5 Å². The van der Waals surface area contributed by atoms with Crippen LogP contribution in [0.5, 0.6) is 0 Å². The summed E-state index contributed by atoms with van der Waals surface area (Å²) in [6.07, 6.45) is 1.73. The number of carbonyl (C=O) groups is 2. The van der Waals surface area contributed by atoms with E-state index >= 15 is 0 Å². The third-order valence-electron chi connectivity index (χ3n) is 6.22. The predicted octanol–water partition coefficient (Wildman–Crippen LogP) is 5.25. The van der Waals surface area contributed by atoms with Crippen LogP contribution in [0.3, 0.4) is 0 Å². The van der Waals surface area contributed by atoms with Crippen LogP contribution in [0.25, 0.3) is 0 Å². The number of amides is 1. The average Bonchev–Trinajstić information content (AvgIpc) is 3.39. The van der Waals surface area contributed by atoms with E-state index in [1.807, 2.05) is 24.3 Å². The first-order valence-electron chi connectivity index (χ1n) is 11.7. The van der Waals surface area contributed by atoms with Gasteiger partial charge in [0.2, 0.25) is 10.0 Å². The highest BCUT2D eigenvalue weighted by molar-refractivity contribution is 7.89. The smallest absolute Gasteiger partial charge is 0.255 e. The first-order chi connectivity index (χ1) is 16.6. The summed E-state index contributed by atoms with van der Waals surface area (Å²) in [6, 6.07) is 20.3. The SMILES string of the molecule is CC(C)(C)c1ccc(C(=O)c2cccc(NC(=O)c3ccc(S(=O)(=O)N4CCCC4)cc3)c2)cc1. The highest BCUT2D eigenvalue weighted by Gasteiger charge is 2.27. The van der Waals surface area contributed by atoms with Gasteiger partial charge in [-0.2, -0.15) is 4.31 Å². The number of sulfonamides is 1. The van der Waals surface area contributed by atoms with Crippen LogP contribution < -0.4 is 5.32 Å². The van der Waals surface area contributed by atoms with Gasteiger partial charge in [0.25, 0.3) is 5.91 Å². The van der Waals surface area contributed by atoms with Gasteiger partial charge in [-0.05, 0) is 60.2 Å². The molecule has 0 bridgehead atoms. The first kappa shape index (κ1) is 24.8. The van der Waals surface area contributed by atoms with Crippen LogP contribution in [0.15, 0.2) is 77.7 Å². The summed E-state index contributed by atoms with van der Waals surface area (Å²) in [5, 5.41) is 2.80. The van der Waals surface area contributed by atoms with E-state index in [9.17, 15) is 18.0 Å². The molecular formula is C28H30N2O4S. The molecule has 1 aliphatic rings. The van der Waals surface area contributed by atoms with Crippen molar-refractivity contribution in [3.05, 3.63) is 95.1 Å². The predicted molar refractivity (Wildman–Crippen MR) is 137 cm³/mol. The second-order valence-electron chi connectivity index (χ2n) is 9.83. The molecule has 1 amide bonds. The Morgan fingerprint density at radius 2 is 1.40 bits per heavy atom. The summed E-state index contributed by atoms with van der Waals surface area (Å²) >= 11 is 0. The lowest BCUT2D eigenvalue weighted by molar-refractivity contribution is 0.102. The molecule has 0 radical (unpaired) electrons. The van der Waals surface area contributed by atoms with Crippen molar-refractivity contribution in [2.75, 3.05) is 18.4 Å². The second kappa shape index (κ2) is 9.76. The Hall–Kier alpha value is -3.29. The first-order valence-corrected chi connectivity index (χ1v) is 13.2. The van der Waals surface area contributed by atoms with Crippen LogP contribution in [0, 0.1) is 0 Å². The Morgan fingerprint density at radius 1 is 0.800 bits per heavy atom. The summed E-state index contributed by atoms with van der Waals surface area (Å²) in [5.41, 5.74) is 3.02.